The summed E-state index contributed by atoms with van der Waals surface area (Å²) in [6.45, 7) is 6.78. The minimum absolute atomic E-state index is 0.205. The van der Waals surface area contributed by atoms with Crippen molar-refractivity contribution in [2.45, 2.75) is 20.8 Å². The highest BCUT2D eigenvalue weighted by Crippen LogP contribution is 2.36. The Bertz CT molecular complexity index is 1200. The SMILES string of the molecule is CCOc1ccc(C2=C(Nc3ccccc3OCC)C(=O)N(c3ccc(C)cc3)C2=O)cc1. The summed E-state index contributed by atoms with van der Waals surface area (Å²) >= 11 is 0. The van der Waals surface area contributed by atoms with Gasteiger partial charge in [-0.3, -0.25) is 9.59 Å². The molecule has 6 heteroatoms. The molecule has 3 aromatic rings. The van der Waals surface area contributed by atoms with Gasteiger partial charge in [0.05, 0.1) is 30.2 Å². The smallest absolute Gasteiger partial charge is 0.282 e. The largest absolute Gasteiger partial charge is 0.494 e. The Balaban J connectivity index is 1.80. The number of rotatable bonds is 8. The van der Waals surface area contributed by atoms with E-state index in [0.717, 1.165) is 5.56 Å². The maximum atomic E-state index is 13.6. The van der Waals surface area contributed by atoms with Gasteiger partial charge in [-0.2, -0.15) is 0 Å². The zero-order valence-corrected chi connectivity index (χ0v) is 18.9. The number of hydrogen-bond donors (Lipinski definition) is 1. The first-order valence-electron chi connectivity index (χ1n) is 10.9. The predicted octanol–water partition coefficient (Wildman–Crippen LogP) is 5.19. The summed E-state index contributed by atoms with van der Waals surface area (Å²) in [6, 6.07) is 21.8. The molecule has 0 aliphatic carbocycles. The first kappa shape index (κ1) is 22.1. The maximum absolute atomic E-state index is 13.6. The number of benzene rings is 3. The zero-order valence-electron chi connectivity index (χ0n) is 18.9. The van der Waals surface area contributed by atoms with Crippen molar-refractivity contribution in [3.8, 4) is 11.5 Å². The molecular weight excluding hydrogens is 416 g/mol. The van der Waals surface area contributed by atoms with Crippen LogP contribution in [0, 0.1) is 6.92 Å². The third kappa shape index (κ3) is 4.46. The van der Waals surface area contributed by atoms with Crippen molar-refractivity contribution in [1.82, 2.24) is 0 Å². The molecule has 4 rings (SSSR count). The molecule has 0 atom stereocenters. The summed E-state index contributed by atoms with van der Waals surface area (Å²) in [4.78, 5) is 28.3. The number of carbonyl (C=O) groups is 2. The van der Waals surface area contributed by atoms with Crippen LogP contribution in [0.15, 0.2) is 78.5 Å². The lowest BCUT2D eigenvalue weighted by molar-refractivity contribution is -0.120. The van der Waals surface area contributed by atoms with Crippen LogP contribution in [-0.4, -0.2) is 25.0 Å². The van der Waals surface area contributed by atoms with Crippen LogP contribution in [0.4, 0.5) is 11.4 Å². The highest BCUT2D eigenvalue weighted by Gasteiger charge is 2.40. The first-order valence-corrected chi connectivity index (χ1v) is 10.9. The van der Waals surface area contributed by atoms with Gasteiger partial charge in [0.15, 0.2) is 0 Å². The van der Waals surface area contributed by atoms with Gasteiger partial charge in [0, 0.05) is 0 Å². The van der Waals surface area contributed by atoms with Gasteiger partial charge in [-0.1, -0.05) is 42.0 Å². The Kier molecular flexibility index (Phi) is 6.45. The lowest BCUT2D eigenvalue weighted by Crippen LogP contribution is -2.32. The summed E-state index contributed by atoms with van der Waals surface area (Å²) in [5.74, 6) is 0.501. The number of ether oxygens (including phenoxy) is 2. The van der Waals surface area contributed by atoms with Crippen LogP contribution in [-0.2, 0) is 9.59 Å². The van der Waals surface area contributed by atoms with E-state index in [-0.39, 0.29) is 11.6 Å². The molecule has 0 aromatic heterocycles. The number of aryl methyl sites for hydroxylation is 1. The summed E-state index contributed by atoms with van der Waals surface area (Å²) in [7, 11) is 0. The average molecular weight is 443 g/mol. The Morgan fingerprint density at radius 2 is 1.45 bits per heavy atom. The van der Waals surface area contributed by atoms with Crippen molar-refractivity contribution in [1.29, 1.82) is 0 Å². The van der Waals surface area contributed by atoms with Gasteiger partial charge in [-0.25, -0.2) is 4.90 Å². The predicted molar refractivity (Wildman–Crippen MR) is 129 cm³/mol. The van der Waals surface area contributed by atoms with Crippen LogP contribution < -0.4 is 19.7 Å². The molecule has 0 saturated heterocycles. The minimum Gasteiger partial charge on any atom is -0.494 e. The van der Waals surface area contributed by atoms with Crippen molar-refractivity contribution >= 4 is 28.8 Å². The highest BCUT2D eigenvalue weighted by atomic mass is 16.5. The van der Waals surface area contributed by atoms with Crippen molar-refractivity contribution in [2.24, 2.45) is 0 Å². The monoisotopic (exact) mass is 442 g/mol. The van der Waals surface area contributed by atoms with Gasteiger partial charge in [0.2, 0.25) is 0 Å². The molecule has 168 valence electrons. The van der Waals surface area contributed by atoms with E-state index < -0.39 is 5.91 Å². The van der Waals surface area contributed by atoms with Crippen LogP contribution in [0.1, 0.15) is 25.0 Å². The molecule has 0 unspecified atom stereocenters. The lowest BCUT2D eigenvalue weighted by atomic mass is 10.0. The molecule has 33 heavy (non-hydrogen) atoms. The van der Waals surface area contributed by atoms with Crippen LogP contribution in [0.2, 0.25) is 0 Å². The fourth-order valence-electron chi connectivity index (χ4n) is 3.71. The lowest BCUT2D eigenvalue weighted by Gasteiger charge is -2.16. The summed E-state index contributed by atoms with van der Waals surface area (Å²) in [6.07, 6.45) is 0. The van der Waals surface area contributed by atoms with E-state index in [1.54, 1.807) is 36.4 Å². The number of nitrogens with one attached hydrogen (secondary N) is 1. The number of anilines is 2. The average Bonchev–Trinajstić information content (AvgIpc) is 3.06. The Labute approximate surface area is 193 Å². The molecule has 6 nitrogen and oxygen atoms in total. The number of hydrogen-bond acceptors (Lipinski definition) is 5. The van der Waals surface area contributed by atoms with Crippen molar-refractivity contribution in [2.75, 3.05) is 23.4 Å². The second kappa shape index (κ2) is 9.61. The molecular formula is C27H26N2O4. The second-order valence-corrected chi connectivity index (χ2v) is 7.54. The molecule has 1 aliphatic heterocycles. The molecule has 0 radical (unpaired) electrons. The van der Waals surface area contributed by atoms with E-state index in [1.165, 1.54) is 4.90 Å². The topological polar surface area (TPSA) is 67.9 Å². The Morgan fingerprint density at radius 1 is 0.788 bits per heavy atom. The molecule has 2 amide bonds. The summed E-state index contributed by atoms with van der Waals surface area (Å²) in [5.41, 5.74) is 3.31. The number of para-hydroxylation sites is 2. The van der Waals surface area contributed by atoms with E-state index in [9.17, 15) is 9.59 Å². The van der Waals surface area contributed by atoms with E-state index in [1.807, 2.05) is 57.2 Å². The molecule has 0 bridgehead atoms. The second-order valence-electron chi connectivity index (χ2n) is 7.54. The van der Waals surface area contributed by atoms with E-state index >= 15 is 0 Å². The van der Waals surface area contributed by atoms with Gasteiger partial charge in [0.25, 0.3) is 11.8 Å². The van der Waals surface area contributed by atoms with Crippen molar-refractivity contribution < 1.29 is 19.1 Å². The van der Waals surface area contributed by atoms with E-state index in [0.29, 0.717) is 47.2 Å². The van der Waals surface area contributed by atoms with Crippen molar-refractivity contribution in [3.05, 3.63) is 89.6 Å². The van der Waals surface area contributed by atoms with Crippen molar-refractivity contribution in [3.63, 3.8) is 0 Å². The number of carbonyl (C=O) groups excluding carboxylic acids is 2. The maximum Gasteiger partial charge on any atom is 0.282 e. The highest BCUT2D eigenvalue weighted by molar-refractivity contribution is 6.46. The number of amides is 2. The summed E-state index contributed by atoms with van der Waals surface area (Å²) < 4.78 is 11.2. The van der Waals surface area contributed by atoms with Crippen LogP contribution in [0.25, 0.3) is 5.57 Å². The number of imide groups is 1. The van der Waals surface area contributed by atoms with Gasteiger partial charge in [-0.05, 0) is 62.7 Å². The third-order valence-corrected chi connectivity index (χ3v) is 5.28. The molecule has 1 heterocycles. The first-order chi connectivity index (χ1) is 16.0. The molecule has 1 N–H and O–H groups in total. The van der Waals surface area contributed by atoms with Gasteiger partial charge < -0.3 is 14.8 Å². The van der Waals surface area contributed by atoms with Crippen LogP contribution in [0.5, 0.6) is 11.5 Å². The standard InChI is InChI=1S/C27H26N2O4/c1-4-32-21-16-12-19(13-17-21)24-25(28-22-8-6-7-9-23(22)33-5-2)27(31)29(26(24)30)20-14-10-18(3)11-15-20/h6-17,28H,4-5H2,1-3H3. The molecule has 3 aromatic carbocycles. The van der Waals surface area contributed by atoms with E-state index in [4.69, 9.17) is 9.47 Å². The van der Waals surface area contributed by atoms with E-state index in [2.05, 4.69) is 5.32 Å². The Hall–Kier alpha value is -4.06. The van der Waals surface area contributed by atoms with Gasteiger partial charge in [0.1, 0.15) is 17.2 Å². The van der Waals surface area contributed by atoms with Crippen LogP contribution in [0.3, 0.4) is 0 Å². The molecule has 1 aliphatic rings. The third-order valence-electron chi connectivity index (χ3n) is 5.28. The van der Waals surface area contributed by atoms with Gasteiger partial charge >= 0.3 is 0 Å². The van der Waals surface area contributed by atoms with Gasteiger partial charge in [-0.15, -0.1) is 0 Å². The minimum atomic E-state index is -0.418. The summed E-state index contributed by atoms with van der Waals surface area (Å²) in [5, 5.41) is 3.19. The molecule has 0 saturated carbocycles. The normalized spacial score (nSPS) is 13.5. The zero-order chi connectivity index (χ0) is 23.4. The quantitative estimate of drug-likeness (QED) is 0.487. The Morgan fingerprint density at radius 3 is 2.12 bits per heavy atom. The van der Waals surface area contributed by atoms with Crippen LogP contribution >= 0.6 is 0 Å². The fraction of sp³-hybridized carbons (Fsp3) is 0.185. The number of nitrogens with zero attached hydrogens (tertiary/aromatic N) is 1. The fourth-order valence-corrected chi connectivity index (χ4v) is 3.71. The molecule has 0 fully saturated rings. The molecule has 0 spiro atoms.